The SMILES string of the molecule is O=C(C=Cc1cccc(NC(=O)C=CC=Cc2ccccc2)c1)NO. The number of nitrogens with one attached hydrogen (secondary N) is 2. The zero-order chi connectivity index (χ0) is 17.9. The summed E-state index contributed by atoms with van der Waals surface area (Å²) in [6.45, 7) is 0. The second-order valence-corrected chi connectivity index (χ2v) is 5.05. The summed E-state index contributed by atoms with van der Waals surface area (Å²) >= 11 is 0. The van der Waals surface area contributed by atoms with E-state index in [0.717, 1.165) is 5.56 Å². The normalized spacial score (nSPS) is 11.2. The molecule has 126 valence electrons. The smallest absolute Gasteiger partial charge is 0.267 e. The average molecular weight is 334 g/mol. The summed E-state index contributed by atoms with van der Waals surface area (Å²) in [6, 6.07) is 16.8. The van der Waals surface area contributed by atoms with E-state index in [0.29, 0.717) is 11.3 Å². The van der Waals surface area contributed by atoms with Gasteiger partial charge in [0.2, 0.25) is 5.91 Å². The third kappa shape index (κ3) is 6.68. The molecule has 0 fully saturated rings. The van der Waals surface area contributed by atoms with Crippen molar-refractivity contribution in [3.05, 3.63) is 90.0 Å². The fourth-order valence-electron chi connectivity index (χ4n) is 1.99. The van der Waals surface area contributed by atoms with Crippen LogP contribution >= 0.6 is 0 Å². The lowest BCUT2D eigenvalue weighted by Crippen LogP contribution is -2.14. The number of benzene rings is 2. The van der Waals surface area contributed by atoms with Gasteiger partial charge >= 0.3 is 0 Å². The van der Waals surface area contributed by atoms with E-state index < -0.39 is 5.91 Å². The summed E-state index contributed by atoms with van der Waals surface area (Å²) in [5, 5.41) is 11.2. The second-order valence-electron chi connectivity index (χ2n) is 5.05. The molecule has 0 bridgehead atoms. The Morgan fingerprint density at radius 3 is 2.32 bits per heavy atom. The van der Waals surface area contributed by atoms with Crippen molar-refractivity contribution in [2.75, 3.05) is 5.32 Å². The number of allylic oxidation sites excluding steroid dienone is 2. The van der Waals surface area contributed by atoms with Crippen LogP contribution < -0.4 is 10.8 Å². The average Bonchev–Trinajstić information content (AvgIpc) is 2.64. The van der Waals surface area contributed by atoms with Gasteiger partial charge in [0.1, 0.15) is 0 Å². The molecule has 0 unspecified atom stereocenters. The van der Waals surface area contributed by atoms with Gasteiger partial charge in [-0.05, 0) is 29.3 Å². The van der Waals surface area contributed by atoms with Crippen molar-refractivity contribution in [3.8, 4) is 0 Å². The highest BCUT2D eigenvalue weighted by atomic mass is 16.5. The van der Waals surface area contributed by atoms with Crippen LogP contribution in [-0.4, -0.2) is 17.0 Å². The predicted octanol–water partition coefficient (Wildman–Crippen LogP) is 3.41. The maximum atomic E-state index is 11.9. The first-order valence-corrected chi connectivity index (χ1v) is 7.60. The van der Waals surface area contributed by atoms with Crippen LogP contribution in [0.5, 0.6) is 0 Å². The van der Waals surface area contributed by atoms with Gasteiger partial charge in [0, 0.05) is 17.8 Å². The third-order valence-electron chi connectivity index (χ3n) is 3.14. The minimum absolute atomic E-state index is 0.257. The van der Waals surface area contributed by atoms with Crippen molar-refractivity contribution in [1.82, 2.24) is 5.48 Å². The van der Waals surface area contributed by atoms with Gasteiger partial charge in [-0.1, -0.05) is 60.7 Å². The molecule has 0 saturated heterocycles. The Morgan fingerprint density at radius 1 is 0.800 bits per heavy atom. The van der Waals surface area contributed by atoms with Gasteiger partial charge in [-0.15, -0.1) is 0 Å². The summed E-state index contributed by atoms with van der Waals surface area (Å²) in [6.07, 6.45) is 9.51. The molecule has 0 aromatic heterocycles. The van der Waals surface area contributed by atoms with Gasteiger partial charge in [-0.2, -0.15) is 0 Å². The molecule has 2 aromatic rings. The largest absolute Gasteiger partial charge is 0.322 e. The third-order valence-corrected chi connectivity index (χ3v) is 3.14. The summed E-state index contributed by atoms with van der Waals surface area (Å²) in [4.78, 5) is 22.9. The maximum Gasteiger partial charge on any atom is 0.267 e. The summed E-state index contributed by atoms with van der Waals surface area (Å²) in [7, 11) is 0. The first-order valence-electron chi connectivity index (χ1n) is 7.60. The Labute approximate surface area is 146 Å². The van der Waals surface area contributed by atoms with E-state index in [2.05, 4.69) is 5.32 Å². The molecule has 0 saturated carbocycles. The molecular weight excluding hydrogens is 316 g/mol. The molecule has 0 heterocycles. The van der Waals surface area contributed by atoms with Crippen LogP contribution in [0.25, 0.3) is 12.2 Å². The van der Waals surface area contributed by atoms with E-state index in [1.54, 1.807) is 36.4 Å². The minimum Gasteiger partial charge on any atom is -0.322 e. The number of rotatable bonds is 6. The standard InChI is InChI=1S/C20H18N2O3/c23-19(12-5-4-9-16-7-2-1-3-8-16)21-18-11-6-10-17(15-18)13-14-20(24)22-25/h1-15,25H,(H,21,23)(H,22,24). The number of carbonyl (C=O) groups is 2. The number of carbonyl (C=O) groups excluding carboxylic acids is 2. The van der Waals surface area contributed by atoms with Crippen molar-refractivity contribution in [2.45, 2.75) is 0 Å². The lowest BCUT2D eigenvalue weighted by atomic mass is 10.2. The Bertz CT molecular complexity index is 809. The molecule has 0 aliphatic heterocycles. The molecule has 2 amide bonds. The molecule has 0 radical (unpaired) electrons. The van der Waals surface area contributed by atoms with E-state index in [1.165, 1.54) is 23.7 Å². The highest BCUT2D eigenvalue weighted by molar-refractivity contribution is 5.99. The lowest BCUT2D eigenvalue weighted by Gasteiger charge is -2.03. The van der Waals surface area contributed by atoms with Crippen LogP contribution in [0.3, 0.4) is 0 Å². The van der Waals surface area contributed by atoms with E-state index >= 15 is 0 Å². The molecule has 2 aromatic carbocycles. The molecule has 0 atom stereocenters. The van der Waals surface area contributed by atoms with Crippen molar-refractivity contribution < 1.29 is 14.8 Å². The lowest BCUT2D eigenvalue weighted by molar-refractivity contribution is -0.124. The van der Waals surface area contributed by atoms with Crippen LogP contribution in [-0.2, 0) is 9.59 Å². The fourth-order valence-corrected chi connectivity index (χ4v) is 1.99. The Hall–Kier alpha value is -3.44. The van der Waals surface area contributed by atoms with Gasteiger partial charge in [-0.3, -0.25) is 14.8 Å². The summed E-state index contributed by atoms with van der Waals surface area (Å²) in [5.41, 5.74) is 3.89. The van der Waals surface area contributed by atoms with E-state index in [4.69, 9.17) is 5.21 Å². The molecule has 0 aliphatic rings. The van der Waals surface area contributed by atoms with Crippen molar-refractivity contribution in [3.63, 3.8) is 0 Å². The minimum atomic E-state index is -0.623. The highest BCUT2D eigenvalue weighted by Gasteiger charge is 1.98. The van der Waals surface area contributed by atoms with Gasteiger partial charge in [0.25, 0.3) is 5.91 Å². The zero-order valence-corrected chi connectivity index (χ0v) is 13.4. The van der Waals surface area contributed by atoms with Crippen molar-refractivity contribution in [2.24, 2.45) is 0 Å². The van der Waals surface area contributed by atoms with E-state index in [-0.39, 0.29) is 5.91 Å². The van der Waals surface area contributed by atoms with E-state index in [9.17, 15) is 9.59 Å². The molecule has 25 heavy (non-hydrogen) atoms. The fraction of sp³-hybridized carbons (Fsp3) is 0. The van der Waals surface area contributed by atoms with Gasteiger partial charge in [-0.25, -0.2) is 5.48 Å². The molecule has 0 aliphatic carbocycles. The van der Waals surface area contributed by atoms with Gasteiger partial charge in [0.15, 0.2) is 0 Å². The van der Waals surface area contributed by atoms with Gasteiger partial charge in [0.05, 0.1) is 0 Å². The van der Waals surface area contributed by atoms with Crippen molar-refractivity contribution >= 4 is 29.7 Å². The highest BCUT2D eigenvalue weighted by Crippen LogP contribution is 2.12. The van der Waals surface area contributed by atoms with Crippen LogP contribution in [0, 0.1) is 0 Å². The topological polar surface area (TPSA) is 78.4 Å². The summed E-state index contributed by atoms with van der Waals surface area (Å²) < 4.78 is 0. The predicted molar refractivity (Wildman–Crippen MR) is 98.7 cm³/mol. The molecule has 5 heteroatoms. The first-order chi connectivity index (χ1) is 12.2. The molecule has 2 rings (SSSR count). The zero-order valence-electron chi connectivity index (χ0n) is 13.4. The van der Waals surface area contributed by atoms with Crippen molar-refractivity contribution in [1.29, 1.82) is 0 Å². The number of hydroxylamine groups is 1. The number of anilines is 1. The Kier molecular flexibility index (Phi) is 6.91. The maximum absolute atomic E-state index is 11.9. The van der Waals surface area contributed by atoms with Crippen LogP contribution in [0.4, 0.5) is 5.69 Å². The number of amides is 2. The van der Waals surface area contributed by atoms with E-state index in [1.807, 2.05) is 36.4 Å². The first kappa shape index (κ1) is 17.9. The Morgan fingerprint density at radius 2 is 1.56 bits per heavy atom. The summed E-state index contributed by atoms with van der Waals surface area (Å²) in [5.74, 6) is -0.880. The monoisotopic (exact) mass is 334 g/mol. The molecular formula is C20H18N2O3. The van der Waals surface area contributed by atoms with Crippen LogP contribution in [0.15, 0.2) is 78.9 Å². The molecule has 3 N–H and O–H groups in total. The Balaban J connectivity index is 1.92. The van der Waals surface area contributed by atoms with Crippen LogP contribution in [0.2, 0.25) is 0 Å². The molecule has 0 spiro atoms. The number of hydrogen-bond donors (Lipinski definition) is 3. The number of hydrogen-bond acceptors (Lipinski definition) is 3. The quantitative estimate of drug-likeness (QED) is 0.328. The molecule has 5 nitrogen and oxygen atoms in total. The van der Waals surface area contributed by atoms with Crippen LogP contribution in [0.1, 0.15) is 11.1 Å². The second kappa shape index (κ2) is 9.64. The van der Waals surface area contributed by atoms with Gasteiger partial charge < -0.3 is 5.32 Å².